The Bertz CT molecular complexity index is 370. The fourth-order valence-electron chi connectivity index (χ4n) is 1.05. The van der Waals surface area contributed by atoms with Crippen molar-refractivity contribution in [1.82, 2.24) is 4.98 Å². The van der Waals surface area contributed by atoms with E-state index in [0.29, 0.717) is 5.75 Å². The summed E-state index contributed by atoms with van der Waals surface area (Å²) in [6, 6.07) is 1.52. The molecule has 0 atom stereocenters. The van der Waals surface area contributed by atoms with Crippen LogP contribution in [0.15, 0.2) is 12.3 Å². The summed E-state index contributed by atoms with van der Waals surface area (Å²) in [5.74, 6) is -0.271. The van der Waals surface area contributed by atoms with Crippen molar-refractivity contribution in [3.05, 3.63) is 23.0 Å². The van der Waals surface area contributed by atoms with Crippen molar-refractivity contribution >= 4 is 17.6 Å². The summed E-state index contributed by atoms with van der Waals surface area (Å²) < 4.78 is 14.8. The number of methoxy groups -OCH3 is 1. The minimum absolute atomic E-state index is 0.0206. The summed E-state index contributed by atoms with van der Waals surface area (Å²) in [5.41, 5.74) is 0.114. The van der Waals surface area contributed by atoms with Crippen molar-refractivity contribution < 1.29 is 19.0 Å². The average Bonchev–Trinajstić information content (AvgIpc) is 2.26. The lowest BCUT2D eigenvalue weighted by Crippen LogP contribution is -2.10. The predicted octanol–water partition coefficient (Wildman–Crippen LogP) is 1.89. The second-order valence-corrected chi connectivity index (χ2v) is 3.10. The number of aromatic nitrogens is 1. The van der Waals surface area contributed by atoms with Crippen LogP contribution < -0.4 is 4.74 Å². The van der Waals surface area contributed by atoms with Gasteiger partial charge >= 0.3 is 5.97 Å². The molecular formula is C10H12ClNO4. The Kier molecular flexibility index (Phi) is 5.01. The maximum atomic E-state index is 11.6. The maximum absolute atomic E-state index is 11.6. The van der Waals surface area contributed by atoms with E-state index in [-0.39, 0.29) is 24.1 Å². The molecule has 0 aromatic carbocycles. The van der Waals surface area contributed by atoms with E-state index in [1.807, 2.05) is 0 Å². The van der Waals surface area contributed by atoms with Gasteiger partial charge in [-0.2, -0.15) is 0 Å². The molecule has 0 unspecified atom stereocenters. The van der Waals surface area contributed by atoms with Crippen molar-refractivity contribution in [3.8, 4) is 5.75 Å². The second kappa shape index (κ2) is 6.30. The molecule has 0 radical (unpaired) electrons. The number of carbonyl (C=O) groups excluding carboxylic acids is 1. The molecule has 6 heteroatoms. The number of hydrogen-bond acceptors (Lipinski definition) is 5. The van der Waals surface area contributed by atoms with Crippen LogP contribution in [-0.4, -0.2) is 31.5 Å². The summed E-state index contributed by atoms with van der Waals surface area (Å²) >= 11 is 5.81. The minimum Gasteiger partial charge on any atom is -0.466 e. The van der Waals surface area contributed by atoms with Gasteiger partial charge in [-0.3, -0.25) is 0 Å². The van der Waals surface area contributed by atoms with Gasteiger partial charge in [-0.25, -0.2) is 9.78 Å². The number of nitrogens with zero attached hydrogens (tertiary/aromatic N) is 1. The van der Waals surface area contributed by atoms with E-state index in [0.717, 1.165) is 0 Å². The molecule has 0 spiro atoms. The highest BCUT2D eigenvalue weighted by atomic mass is 35.5. The smallest absolute Gasteiger partial charge is 0.345 e. The largest absolute Gasteiger partial charge is 0.466 e. The SMILES string of the molecule is CCOC(=O)c1c(OCOC)ccnc1Cl. The molecule has 0 amide bonds. The van der Waals surface area contributed by atoms with E-state index in [1.165, 1.54) is 19.4 Å². The summed E-state index contributed by atoms with van der Waals surface area (Å²) in [6.07, 6.45) is 1.44. The van der Waals surface area contributed by atoms with Gasteiger partial charge in [0.05, 0.1) is 6.61 Å². The fourth-order valence-corrected chi connectivity index (χ4v) is 1.28. The molecule has 1 aromatic heterocycles. The third-order valence-electron chi connectivity index (χ3n) is 1.68. The first-order chi connectivity index (χ1) is 7.70. The number of carbonyl (C=O) groups is 1. The van der Waals surface area contributed by atoms with Crippen LogP contribution in [0, 0.1) is 0 Å². The zero-order chi connectivity index (χ0) is 12.0. The molecule has 1 rings (SSSR count). The zero-order valence-electron chi connectivity index (χ0n) is 9.03. The van der Waals surface area contributed by atoms with Crippen LogP contribution in [0.4, 0.5) is 0 Å². The highest BCUT2D eigenvalue weighted by Gasteiger charge is 2.18. The summed E-state index contributed by atoms with van der Waals surface area (Å²) in [7, 11) is 1.48. The van der Waals surface area contributed by atoms with Gasteiger partial charge in [-0.05, 0) is 13.0 Å². The van der Waals surface area contributed by atoms with Crippen LogP contribution in [-0.2, 0) is 9.47 Å². The molecule has 0 saturated carbocycles. The van der Waals surface area contributed by atoms with Crippen molar-refractivity contribution in [2.24, 2.45) is 0 Å². The van der Waals surface area contributed by atoms with Crippen molar-refractivity contribution in [1.29, 1.82) is 0 Å². The molecule has 0 fully saturated rings. The van der Waals surface area contributed by atoms with Crippen molar-refractivity contribution in [2.75, 3.05) is 20.5 Å². The van der Waals surface area contributed by atoms with E-state index in [9.17, 15) is 4.79 Å². The number of ether oxygens (including phenoxy) is 3. The number of rotatable bonds is 5. The Labute approximate surface area is 98.3 Å². The maximum Gasteiger partial charge on any atom is 0.345 e. The molecule has 0 N–H and O–H groups in total. The van der Waals surface area contributed by atoms with E-state index in [4.69, 9.17) is 25.8 Å². The highest BCUT2D eigenvalue weighted by molar-refractivity contribution is 6.32. The molecule has 1 aromatic rings. The van der Waals surface area contributed by atoms with Gasteiger partial charge in [-0.15, -0.1) is 0 Å². The Morgan fingerprint density at radius 1 is 1.56 bits per heavy atom. The first-order valence-electron chi connectivity index (χ1n) is 4.64. The Morgan fingerprint density at radius 3 is 2.94 bits per heavy atom. The van der Waals surface area contributed by atoms with Crippen molar-refractivity contribution in [3.63, 3.8) is 0 Å². The number of esters is 1. The lowest BCUT2D eigenvalue weighted by atomic mass is 10.2. The van der Waals surface area contributed by atoms with E-state index in [1.54, 1.807) is 6.92 Å². The minimum atomic E-state index is -0.563. The highest BCUT2D eigenvalue weighted by Crippen LogP contribution is 2.25. The monoisotopic (exact) mass is 245 g/mol. The third-order valence-corrected chi connectivity index (χ3v) is 1.96. The topological polar surface area (TPSA) is 57.7 Å². The summed E-state index contributed by atoms with van der Waals surface area (Å²) in [6.45, 7) is 1.98. The molecule has 1 heterocycles. The van der Waals surface area contributed by atoms with Crippen LogP contribution in [0.25, 0.3) is 0 Å². The van der Waals surface area contributed by atoms with Gasteiger partial charge in [0.1, 0.15) is 16.5 Å². The van der Waals surface area contributed by atoms with Gasteiger partial charge in [0, 0.05) is 13.3 Å². The van der Waals surface area contributed by atoms with Crippen molar-refractivity contribution in [2.45, 2.75) is 6.92 Å². The first-order valence-corrected chi connectivity index (χ1v) is 5.01. The average molecular weight is 246 g/mol. The van der Waals surface area contributed by atoms with Gasteiger partial charge in [-0.1, -0.05) is 11.6 Å². The van der Waals surface area contributed by atoms with Crippen LogP contribution in [0.5, 0.6) is 5.75 Å². The quantitative estimate of drug-likeness (QED) is 0.450. The molecular weight excluding hydrogens is 234 g/mol. The predicted molar refractivity (Wildman–Crippen MR) is 57.7 cm³/mol. The Balaban J connectivity index is 2.98. The fraction of sp³-hybridized carbons (Fsp3) is 0.400. The van der Waals surface area contributed by atoms with E-state index >= 15 is 0 Å². The first kappa shape index (κ1) is 12.7. The molecule has 0 aliphatic heterocycles. The standard InChI is InChI=1S/C10H12ClNO4/c1-3-15-10(13)8-7(16-6-14-2)4-5-12-9(8)11/h4-5H,3,6H2,1-2H3. The lowest BCUT2D eigenvalue weighted by Gasteiger charge is -2.10. The molecule has 88 valence electrons. The normalized spacial score (nSPS) is 9.94. The molecule has 0 saturated heterocycles. The van der Waals surface area contributed by atoms with Gasteiger partial charge < -0.3 is 14.2 Å². The second-order valence-electron chi connectivity index (χ2n) is 2.75. The summed E-state index contributed by atoms with van der Waals surface area (Å²) in [5, 5.41) is 0.0482. The molecule has 0 bridgehead atoms. The van der Waals surface area contributed by atoms with E-state index in [2.05, 4.69) is 4.98 Å². The summed E-state index contributed by atoms with van der Waals surface area (Å²) in [4.78, 5) is 15.4. The van der Waals surface area contributed by atoms with Crippen LogP contribution in [0.1, 0.15) is 17.3 Å². The molecule has 16 heavy (non-hydrogen) atoms. The number of halogens is 1. The van der Waals surface area contributed by atoms with Gasteiger partial charge in [0.15, 0.2) is 6.79 Å². The van der Waals surface area contributed by atoms with E-state index < -0.39 is 5.97 Å². The zero-order valence-corrected chi connectivity index (χ0v) is 9.78. The van der Waals surface area contributed by atoms with Crippen LogP contribution >= 0.6 is 11.6 Å². The molecule has 0 aliphatic rings. The van der Waals surface area contributed by atoms with Crippen LogP contribution in [0.2, 0.25) is 5.15 Å². The lowest BCUT2D eigenvalue weighted by molar-refractivity contribution is 0.0437. The van der Waals surface area contributed by atoms with Gasteiger partial charge in [0.2, 0.25) is 0 Å². The molecule has 0 aliphatic carbocycles. The molecule has 5 nitrogen and oxygen atoms in total. The third kappa shape index (κ3) is 3.08. The number of pyridine rings is 1. The van der Waals surface area contributed by atoms with Crippen LogP contribution in [0.3, 0.4) is 0 Å². The Hall–Kier alpha value is -1.33. The number of hydrogen-bond donors (Lipinski definition) is 0. The van der Waals surface area contributed by atoms with Gasteiger partial charge in [0.25, 0.3) is 0 Å². The Morgan fingerprint density at radius 2 is 2.31 bits per heavy atom.